The van der Waals surface area contributed by atoms with Crippen LogP contribution in [0.1, 0.15) is 32.3 Å². The summed E-state index contributed by atoms with van der Waals surface area (Å²) in [5.74, 6) is 0.225. The zero-order valence-electron chi connectivity index (χ0n) is 14.4. The second kappa shape index (κ2) is 6.90. The third kappa shape index (κ3) is 3.41. The fourth-order valence-electron chi connectivity index (χ4n) is 3.03. The van der Waals surface area contributed by atoms with Gasteiger partial charge in [-0.25, -0.2) is 0 Å². The Morgan fingerprint density at radius 1 is 1.12 bits per heavy atom. The molecule has 1 heterocycles. The van der Waals surface area contributed by atoms with E-state index in [1.165, 1.54) is 0 Å². The van der Waals surface area contributed by atoms with E-state index in [9.17, 15) is 5.11 Å². The molecule has 3 rings (SSSR count). The molecular weight excluding hydrogens is 334 g/mol. The van der Waals surface area contributed by atoms with Gasteiger partial charge in [-0.1, -0.05) is 25.4 Å². The van der Waals surface area contributed by atoms with E-state index in [0.717, 1.165) is 40.7 Å². The lowest BCUT2D eigenvalue weighted by Crippen LogP contribution is -2.35. The lowest BCUT2D eigenvalue weighted by atomic mass is 9.85. The standard InChI is InChI=1S/C20H22ClN3O/c1-3-20(22,4-2)16-12-14(6-8-19(16)25)24-17-9-10-23-18-11-13(21)5-7-15(17)18/h5-12,25H,3-4,22H2,1-2H3,(H,23,24). The molecule has 5 heteroatoms. The van der Waals surface area contributed by atoms with Crippen LogP contribution >= 0.6 is 11.6 Å². The van der Waals surface area contributed by atoms with Crippen molar-refractivity contribution in [3.63, 3.8) is 0 Å². The van der Waals surface area contributed by atoms with Crippen LogP contribution in [0.3, 0.4) is 0 Å². The monoisotopic (exact) mass is 355 g/mol. The number of hydrogen-bond donors (Lipinski definition) is 3. The topological polar surface area (TPSA) is 71.2 Å². The molecule has 0 bridgehead atoms. The Bertz CT molecular complexity index is 907. The number of rotatable bonds is 5. The summed E-state index contributed by atoms with van der Waals surface area (Å²) < 4.78 is 0. The van der Waals surface area contributed by atoms with Crippen molar-refractivity contribution in [2.24, 2.45) is 5.73 Å². The molecule has 130 valence electrons. The summed E-state index contributed by atoms with van der Waals surface area (Å²) in [4.78, 5) is 4.36. The Balaban J connectivity index is 2.02. The van der Waals surface area contributed by atoms with E-state index < -0.39 is 5.54 Å². The first-order valence-electron chi connectivity index (χ1n) is 8.40. The predicted octanol–water partition coefficient (Wildman–Crippen LogP) is 5.31. The number of pyridine rings is 1. The van der Waals surface area contributed by atoms with E-state index in [4.69, 9.17) is 17.3 Å². The summed E-state index contributed by atoms with van der Waals surface area (Å²) in [6.07, 6.45) is 3.24. The smallest absolute Gasteiger partial charge is 0.120 e. The van der Waals surface area contributed by atoms with Gasteiger partial charge in [0, 0.05) is 39.1 Å². The molecular formula is C20H22ClN3O. The zero-order valence-corrected chi connectivity index (χ0v) is 15.1. The van der Waals surface area contributed by atoms with Gasteiger partial charge in [0.1, 0.15) is 5.75 Å². The van der Waals surface area contributed by atoms with Gasteiger partial charge in [0.15, 0.2) is 0 Å². The van der Waals surface area contributed by atoms with E-state index in [1.807, 2.05) is 50.2 Å². The van der Waals surface area contributed by atoms with Crippen molar-refractivity contribution < 1.29 is 5.11 Å². The third-order valence-corrected chi connectivity index (χ3v) is 5.01. The summed E-state index contributed by atoms with van der Waals surface area (Å²) in [6, 6.07) is 13.0. The summed E-state index contributed by atoms with van der Waals surface area (Å²) in [5, 5.41) is 15.3. The van der Waals surface area contributed by atoms with Gasteiger partial charge in [-0.2, -0.15) is 0 Å². The second-order valence-electron chi connectivity index (χ2n) is 6.24. The summed E-state index contributed by atoms with van der Waals surface area (Å²) >= 11 is 6.05. The first-order chi connectivity index (χ1) is 12.0. The number of nitrogens with one attached hydrogen (secondary N) is 1. The van der Waals surface area contributed by atoms with Crippen molar-refractivity contribution in [1.82, 2.24) is 4.98 Å². The molecule has 0 saturated heterocycles. The SMILES string of the molecule is CCC(N)(CC)c1cc(Nc2ccnc3cc(Cl)ccc23)ccc1O. The molecule has 4 N–H and O–H groups in total. The van der Waals surface area contributed by atoms with E-state index in [1.54, 1.807) is 12.3 Å². The summed E-state index contributed by atoms with van der Waals surface area (Å²) in [6.45, 7) is 4.06. The average Bonchev–Trinajstić information content (AvgIpc) is 2.62. The van der Waals surface area contributed by atoms with Crippen LogP contribution < -0.4 is 11.1 Å². The molecule has 0 amide bonds. The van der Waals surface area contributed by atoms with Crippen molar-refractivity contribution in [2.45, 2.75) is 32.2 Å². The number of phenols is 1. The minimum Gasteiger partial charge on any atom is -0.508 e. The fourth-order valence-corrected chi connectivity index (χ4v) is 3.20. The van der Waals surface area contributed by atoms with Crippen LogP contribution in [0.15, 0.2) is 48.7 Å². The molecule has 1 aromatic heterocycles. The van der Waals surface area contributed by atoms with Gasteiger partial charge >= 0.3 is 0 Å². The molecule has 4 nitrogen and oxygen atoms in total. The Morgan fingerprint density at radius 3 is 2.60 bits per heavy atom. The highest BCUT2D eigenvalue weighted by atomic mass is 35.5. The number of nitrogens with zero attached hydrogens (tertiary/aromatic N) is 1. The second-order valence-corrected chi connectivity index (χ2v) is 6.68. The number of fused-ring (bicyclic) bond motifs is 1. The molecule has 25 heavy (non-hydrogen) atoms. The number of halogens is 1. The van der Waals surface area contributed by atoms with Crippen LogP contribution in [0.25, 0.3) is 10.9 Å². The van der Waals surface area contributed by atoms with Crippen molar-refractivity contribution in [3.05, 3.63) is 59.2 Å². The van der Waals surface area contributed by atoms with Gasteiger partial charge in [0.05, 0.1) is 5.52 Å². The molecule has 0 atom stereocenters. The Labute approximate surface area is 152 Å². The number of aromatic nitrogens is 1. The molecule has 0 radical (unpaired) electrons. The maximum Gasteiger partial charge on any atom is 0.120 e. The lowest BCUT2D eigenvalue weighted by Gasteiger charge is -2.28. The summed E-state index contributed by atoms with van der Waals surface area (Å²) in [7, 11) is 0. The molecule has 0 saturated carbocycles. The average molecular weight is 356 g/mol. The first-order valence-corrected chi connectivity index (χ1v) is 8.78. The predicted molar refractivity (Wildman–Crippen MR) is 105 cm³/mol. The first kappa shape index (κ1) is 17.5. The number of hydrogen-bond acceptors (Lipinski definition) is 4. The van der Waals surface area contributed by atoms with Crippen molar-refractivity contribution in [2.75, 3.05) is 5.32 Å². The van der Waals surface area contributed by atoms with E-state index in [2.05, 4.69) is 10.3 Å². The van der Waals surface area contributed by atoms with E-state index >= 15 is 0 Å². The molecule has 0 spiro atoms. The summed E-state index contributed by atoms with van der Waals surface area (Å²) in [5.41, 5.74) is 9.30. The highest BCUT2D eigenvalue weighted by molar-refractivity contribution is 6.31. The molecule has 3 aromatic rings. The molecule has 0 aliphatic carbocycles. The van der Waals surface area contributed by atoms with Gasteiger partial charge in [-0.3, -0.25) is 4.98 Å². The lowest BCUT2D eigenvalue weighted by molar-refractivity contribution is 0.381. The number of benzene rings is 2. The number of anilines is 2. The highest BCUT2D eigenvalue weighted by Crippen LogP contribution is 2.36. The van der Waals surface area contributed by atoms with Crippen LogP contribution in [0.4, 0.5) is 11.4 Å². The minimum absolute atomic E-state index is 0.225. The Morgan fingerprint density at radius 2 is 1.88 bits per heavy atom. The fraction of sp³-hybridized carbons (Fsp3) is 0.250. The maximum atomic E-state index is 10.3. The minimum atomic E-state index is -0.546. The number of nitrogens with two attached hydrogens (primary N) is 1. The Hall–Kier alpha value is -2.30. The van der Waals surface area contributed by atoms with Gasteiger partial charge in [0.2, 0.25) is 0 Å². The normalized spacial score (nSPS) is 11.7. The van der Waals surface area contributed by atoms with Gasteiger partial charge in [-0.05, 0) is 55.3 Å². The Kier molecular flexibility index (Phi) is 4.84. The van der Waals surface area contributed by atoms with Gasteiger partial charge < -0.3 is 16.2 Å². The van der Waals surface area contributed by atoms with Crippen LogP contribution in [-0.4, -0.2) is 10.1 Å². The zero-order chi connectivity index (χ0) is 18.0. The molecule has 0 fully saturated rings. The van der Waals surface area contributed by atoms with Crippen LogP contribution in [0.2, 0.25) is 5.02 Å². The van der Waals surface area contributed by atoms with Crippen LogP contribution in [-0.2, 0) is 5.54 Å². The van der Waals surface area contributed by atoms with Crippen molar-refractivity contribution in [1.29, 1.82) is 0 Å². The number of aromatic hydroxyl groups is 1. The maximum absolute atomic E-state index is 10.3. The molecule has 0 unspecified atom stereocenters. The van der Waals surface area contributed by atoms with E-state index in [-0.39, 0.29) is 5.75 Å². The van der Waals surface area contributed by atoms with Gasteiger partial charge in [0.25, 0.3) is 0 Å². The largest absolute Gasteiger partial charge is 0.508 e. The quantitative estimate of drug-likeness (QED) is 0.542. The van der Waals surface area contributed by atoms with Crippen LogP contribution in [0, 0.1) is 0 Å². The highest BCUT2D eigenvalue weighted by Gasteiger charge is 2.26. The van der Waals surface area contributed by atoms with E-state index in [0.29, 0.717) is 5.02 Å². The molecule has 0 aliphatic rings. The number of phenolic OH excluding ortho intramolecular Hbond substituents is 1. The molecule has 2 aromatic carbocycles. The van der Waals surface area contributed by atoms with Gasteiger partial charge in [-0.15, -0.1) is 0 Å². The van der Waals surface area contributed by atoms with Crippen LogP contribution in [0.5, 0.6) is 5.75 Å². The van der Waals surface area contributed by atoms with Crippen molar-refractivity contribution >= 4 is 33.9 Å². The molecule has 0 aliphatic heterocycles. The van der Waals surface area contributed by atoms with Crippen molar-refractivity contribution in [3.8, 4) is 5.75 Å². The third-order valence-electron chi connectivity index (χ3n) is 4.78.